The maximum atomic E-state index is 13.1. The number of hydrogen-bond donors (Lipinski definition) is 3. The number of nitrogens with zero attached hydrogens (tertiary/aromatic N) is 2. The van der Waals surface area contributed by atoms with Gasteiger partial charge in [0.15, 0.2) is 5.11 Å². The van der Waals surface area contributed by atoms with E-state index in [4.69, 9.17) is 18.0 Å². The molecule has 2 heterocycles. The minimum atomic E-state index is -0.427. The number of carbonyl (C=O) groups excluding carboxylic acids is 1. The van der Waals surface area contributed by atoms with Crippen molar-refractivity contribution in [2.24, 2.45) is 11.7 Å². The van der Waals surface area contributed by atoms with Crippen molar-refractivity contribution in [3.05, 3.63) is 40.8 Å². The van der Waals surface area contributed by atoms with Crippen LogP contribution in [0.5, 0.6) is 0 Å². The molecule has 0 spiro atoms. The summed E-state index contributed by atoms with van der Waals surface area (Å²) in [4.78, 5) is 23.0. The van der Waals surface area contributed by atoms with E-state index in [-0.39, 0.29) is 23.0 Å². The average molecular weight is 450 g/mol. The number of thiocarbonyl (C=S) groups is 1. The Bertz CT molecular complexity index is 820. The lowest BCUT2D eigenvalue weighted by atomic mass is 10.0. The Morgan fingerprint density at radius 3 is 2.74 bits per heavy atom. The van der Waals surface area contributed by atoms with Crippen molar-refractivity contribution in [2.45, 2.75) is 38.8 Å². The summed E-state index contributed by atoms with van der Waals surface area (Å²) in [7, 11) is 0. The van der Waals surface area contributed by atoms with Gasteiger partial charge in [0.25, 0.3) is 0 Å². The molecule has 1 aliphatic heterocycles. The minimum Gasteiger partial charge on any atom is -0.376 e. The predicted octanol–water partition coefficient (Wildman–Crippen LogP) is 3.36. The van der Waals surface area contributed by atoms with E-state index < -0.39 is 6.04 Å². The molecule has 1 saturated heterocycles. The molecule has 1 aliphatic rings. The Hall–Kier alpha value is -1.93. The Labute approximate surface area is 173 Å². The first-order valence-corrected chi connectivity index (χ1v) is 10.2. The zero-order valence-electron chi connectivity index (χ0n) is 15.4. The van der Waals surface area contributed by atoms with Gasteiger partial charge in [0, 0.05) is 11.0 Å². The molecule has 0 aliphatic carbocycles. The second kappa shape index (κ2) is 8.39. The maximum Gasteiger partial charge on any atom is 0.246 e. The number of halogens is 1. The highest BCUT2D eigenvalue weighted by molar-refractivity contribution is 9.10. The van der Waals surface area contributed by atoms with Crippen molar-refractivity contribution in [3.63, 3.8) is 0 Å². The zero-order chi connectivity index (χ0) is 19.6. The monoisotopic (exact) mass is 449 g/mol. The quantitative estimate of drug-likeness (QED) is 0.609. The highest BCUT2D eigenvalue weighted by Gasteiger charge is 2.36. The number of benzene rings is 1. The molecule has 0 bridgehead atoms. The third kappa shape index (κ3) is 4.50. The number of imidazole rings is 1. The predicted molar refractivity (Wildman–Crippen MR) is 114 cm³/mol. The summed E-state index contributed by atoms with van der Waals surface area (Å²) in [5.74, 6) is 0.911. The van der Waals surface area contributed by atoms with Gasteiger partial charge >= 0.3 is 0 Å². The molecule has 2 atom stereocenters. The summed E-state index contributed by atoms with van der Waals surface area (Å²) < 4.78 is 1.03. The molecular weight excluding hydrogens is 426 g/mol. The number of aromatic amines is 1. The molecule has 0 saturated carbocycles. The Morgan fingerprint density at radius 2 is 2.11 bits per heavy atom. The second-order valence-electron chi connectivity index (χ2n) is 7.11. The molecule has 1 aromatic carbocycles. The van der Waals surface area contributed by atoms with Gasteiger partial charge in [0.1, 0.15) is 11.9 Å². The van der Waals surface area contributed by atoms with E-state index in [2.05, 4.69) is 31.2 Å². The molecular formula is C19H24BrN5OS. The van der Waals surface area contributed by atoms with Crippen molar-refractivity contribution >= 4 is 39.2 Å². The Kier molecular flexibility index (Phi) is 6.16. The third-order valence-corrected chi connectivity index (χ3v) is 5.48. The second-order valence-corrected chi connectivity index (χ2v) is 8.46. The number of aromatic nitrogens is 2. The lowest BCUT2D eigenvalue weighted by Gasteiger charge is -2.30. The first-order valence-electron chi connectivity index (χ1n) is 9.04. The van der Waals surface area contributed by atoms with Crippen LogP contribution in [-0.2, 0) is 4.79 Å². The molecule has 2 aromatic rings. The topological polar surface area (TPSA) is 87.0 Å². The molecule has 27 heavy (non-hydrogen) atoms. The van der Waals surface area contributed by atoms with Gasteiger partial charge in [-0.1, -0.05) is 41.9 Å². The van der Waals surface area contributed by atoms with E-state index in [1.165, 1.54) is 0 Å². The fourth-order valence-electron chi connectivity index (χ4n) is 3.44. The van der Waals surface area contributed by atoms with Gasteiger partial charge < -0.3 is 20.9 Å². The van der Waals surface area contributed by atoms with E-state index in [0.29, 0.717) is 6.54 Å². The van der Waals surface area contributed by atoms with Crippen LogP contribution in [0.15, 0.2) is 34.9 Å². The van der Waals surface area contributed by atoms with Crippen LogP contribution >= 0.6 is 28.1 Å². The average Bonchev–Trinajstić information content (AvgIpc) is 3.28. The molecule has 3 rings (SSSR count). The first-order chi connectivity index (χ1) is 12.9. The molecule has 4 N–H and O–H groups in total. The number of hydrogen-bond acceptors (Lipinski definition) is 3. The summed E-state index contributed by atoms with van der Waals surface area (Å²) in [5.41, 5.74) is 7.62. The van der Waals surface area contributed by atoms with E-state index in [0.717, 1.165) is 34.4 Å². The van der Waals surface area contributed by atoms with Crippen LogP contribution in [-0.4, -0.2) is 38.5 Å². The molecule has 8 heteroatoms. The van der Waals surface area contributed by atoms with Crippen LogP contribution in [0.2, 0.25) is 0 Å². The summed E-state index contributed by atoms with van der Waals surface area (Å²) in [6.07, 6.45) is 3.66. The van der Waals surface area contributed by atoms with Gasteiger partial charge in [0.05, 0.1) is 17.9 Å². The number of nitrogens with one attached hydrogen (secondary N) is 2. The molecule has 1 amide bonds. The van der Waals surface area contributed by atoms with Crippen molar-refractivity contribution in [2.75, 3.05) is 6.54 Å². The van der Waals surface area contributed by atoms with E-state index >= 15 is 0 Å². The Balaban J connectivity index is 1.81. The fourth-order valence-corrected chi connectivity index (χ4v) is 3.83. The Morgan fingerprint density at radius 1 is 1.41 bits per heavy atom. The number of likely N-dealkylation sites (tertiary alicyclic amines) is 1. The SMILES string of the molecule is CC(C)C(NC(N)=S)C(=O)N1CCCC1c1ncc(-c2ccc(Br)cc2)[nH]1. The molecule has 1 fully saturated rings. The van der Waals surface area contributed by atoms with Crippen molar-refractivity contribution in [1.29, 1.82) is 0 Å². The molecule has 1 aromatic heterocycles. The van der Waals surface area contributed by atoms with Gasteiger partial charge in [-0.15, -0.1) is 0 Å². The molecule has 0 radical (unpaired) electrons. The summed E-state index contributed by atoms with van der Waals surface area (Å²) in [5, 5.41) is 3.09. The number of nitrogens with two attached hydrogens (primary N) is 1. The van der Waals surface area contributed by atoms with Crippen LogP contribution in [0, 0.1) is 5.92 Å². The standard InChI is InChI=1S/C19H24BrN5OS/c1-11(2)16(24-19(21)27)18(26)25-9-3-4-15(25)17-22-10-14(23-17)12-5-7-13(20)8-6-12/h5-8,10-11,15-16H,3-4,9H2,1-2H3,(H,22,23)(H3,21,24,27). The van der Waals surface area contributed by atoms with Gasteiger partial charge in [-0.2, -0.15) is 0 Å². The lowest BCUT2D eigenvalue weighted by Crippen LogP contribution is -2.52. The lowest BCUT2D eigenvalue weighted by molar-refractivity contribution is -0.135. The van der Waals surface area contributed by atoms with E-state index in [1.54, 1.807) is 0 Å². The van der Waals surface area contributed by atoms with Gasteiger partial charge in [0.2, 0.25) is 5.91 Å². The summed E-state index contributed by atoms with van der Waals surface area (Å²) >= 11 is 8.40. The number of H-pyrrole nitrogens is 1. The third-order valence-electron chi connectivity index (χ3n) is 4.83. The highest BCUT2D eigenvalue weighted by Crippen LogP contribution is 2.32. The maximum absolute atomic E-state index is 13.1. The van der Waals surface area contributed by atoms with Crippen LogP contribution in [0.25, 0.3) is 11.3 Å². The first kappa shape index (κ1) is 19.8. The normalized spacial score (nSPS) is 17.9. The minimum absolute atomic E-state index is 0.0156. The number of amides is 1. The number of carbonyl (C=O) groups is 1. The van der Waals surface area contributed by atoms with Crippen LogP contribution < -0.4 is 11.1 Å². The van der Waals surface area contributed by atoms with E-state index in [9.17, 15) is 4.79 Å². The van der Waals surface area contributed by atoms with Crippen LogP contribution in [0.3, 0.4) is 0 Å². The van der Waals surface area contributed by atoms with Crippen LogP contribution in [0.1, 0.15) is 38.6 Å². The van der Waals surface area contributed by atoms with Crippen molar-refractivity contribution < 1.29 is 4.79 Å². The van der Waals surface area contributed by atoms with Crippen molar-refractivity contribution in [1.82, 2.24) is 20.2 Å². The van der Waals surface area contributed by atoms with Gasteiger partial charge in [-0.25, -0.2) is 4.98 Å². The van der Waals surface area contributed by atoms with Crippen LogP contribution in [0.4, 0.5) is 0 Å². The highest BCUT2D eigenvalue weighted by atomic mass is 79.9. The largest absolute Gasteiger partial charge is 0.376 e. The number of rotatable bonds is 5. The smallest absolute Gasteiger partial charge is 0.246 e. The van der Waals surface area contributed by atoms with Crippen molar-refractivity contribution in [3.8, 4) is 11.3 Å². The molecule has 6 nitrogen and oxygen atoms in total. The van der Waals surface area contributed by atoms with Gasteiger partial charge in [-0.05, 0) is 48.7 Å². The zero-order valence-corrected chi connectivity index (χ0v) is 17.8. The summed E-state index contributed by atoms with van der Waals surface area (Å²) in [6, 6.07) is 7.56. The fraction of sp³-hybridized carbons (Fsp3) is 0.421. The van der Waals surface area contributed by atoms with E-state index in [1.807, 2.05) is 49.2 Å². The summed E-state index contributed by atoms with van der Waals surface area (Å²) in [6.45, 7) is 4.68. The molecule has 2 unspecified atom stereocenters. The van der Waals surface area contributed by atoms with Gasteiger partial charge in [-0.3, -0.25) is 4.79 Å². The molecule has 144 valence electrons.